The third kappa shape index (κ3) is 3.31. The van der Waals surface area contributed by atoms with Gasteiger partial charge < -0.3 is 10.2 Å². The zero-order valence-corrected chi connectivity index (χ0v) is 12.8. The first-order chi connectivity index (χ1) is 9.32. The number of amides is 2. The van der Waals surface area contributed by atoms with Crippen molar-refractivity contribution in [1.29, 1.82) is 0 Å². The number of piperazine rings is 1. The van der Waals surface area contributed by atoms with Crippen LogP contribution in [-0.4, -0.2) is 55.8 Å². The van der Waals surface area contributed by atoms with E-state index in [0.29, 0.717) is 13.0 Å². The molecule has 7 heteroatoms. The van der Waals surface area contributed by atoms with E-state index in [-0.39, 0.29) is 41.7 Å². The Bertz CT molecular complexity index is 503. The van der Waals surface area contributed by atoms with Gasteiger partial charge in [0, 0.05) is 6.54 Å². The summed E-state index contributed by atoms with van der Waals surface area (Å²) in [5.41, 5.74) is 0. The standard InChI is InChI=1S/C13H22N2O4S/c1-3-9(2)12-13(17)15(7-11(16)14-12)6-10-4-5-20(18,19)8-10/h9-10,12H,3-8H2,1-2H3,(H,14,16). The fourth-order valence-corrected chi connectivity index (χ4v) is 4.68. The van der Waals surface area contributed by atoms with Gasteiger partial charge in [0.15, 0.2) is 9.84 Å². The van der Waals surface area contributed by atoms with Crippen molar-refractivity contribution in [2.75, 3.05) is 24.6 Å². The highest BCUT2D eigenvalue weighted by Crippen LogP contribution is 2.22. The first-order valence-corrected chi connectivity index (χ1v) is 8.93. The molecular formula is C13H22N2O4S. The zero-order chi connectivity index (χ0) is 14.9. The lowest BCUT2D eigenvalue weighted by Gasteiger charge is -2.36. The largest absolute Gasteiger partial charge is 0.342 e. The normalized spacial score (nSPS) is 31.2. The molecule has 0 saturated carbocycles. The Morgan fingerprint density at radius 2 is 2.10 bits per heavy atom. The highest BCUT2D eigenvalue weighted by molar-refractivity contribution is 7.91. The molecule has 0 aromatic rings. The summed E-state index contributed by atoms with van der Waals surface area (Å²) >= 11 is 0. The van der Waals surface area contributed by atoms with E-state index in [1.807, 2.05) is 13.8 Å². The van der Waals surface area contributed by atoms with Gasteiger partial charge >= 0.3 is 0 Å². The van der Waals surface area contributed by atoms with Gasteiger partial charge in [0.05, 0.1) is 18.1 Å². The summed E-state index contributed by atoms with van der Waals surface area (Å²) < 4.78 is 22.9. The van der Waals surface area contributed by atoms with Crippen molar-refractivity contribution in [3.05, 3.63) is 0 Å². The lowest BCUT2D eigenvalue weighted by molar-refractivity contribution is -0.146. The van der Waals surface area contributed by atoms with Crippen molar-refractivity contribution in [3.63, 3.8) is 0 Å². The van der Waals surface area contributed by atoms with Gasteiger partial charge in [-0.2, -0.15) is 0 Å². The Morgan fingerprint density at radius 3 is 2.65 bits per heavy atom. The number of carbonyl (C=O) groups is 2. The van der Waals surface area contributed by atoms with Crippen LogP contribution >= 0.6 is 0 Å². The number of hydrogen-bond acceptors (Lipinski definition) is 4. The van der Waals surface area contributed by atoms with Gasteiger partial charge in [-0.05, 0) is 18.3 Å². The predicted octanol–water partition coefficient (Wildman–Crippen LogP) is -0.206. The molecule has 0 aromatic heterocycles. The summed E-state index contributed by atoms with van der Waals surface area (Å²) in [7, 11) is -2.95. The second kappa shape index (κ2) is 5.71. The zero-order valence-electron chi connectivity index (χ0n) is 12.0. The molecule has 2 rings (SSSR count). The minimum atomic E-state index is -2.95. The van der Waals surface area contributed by atoms with Crippen LogP contribution in [0.5, 0.6) is 0 Å². The number of carbonyl (C=O) groups excluding carboxylic acids is 2. The van der Waals surface area contributed by atoms with Gasteiger partial charge in [-0.25, -0.2) is 8.42 Å². The molecule has 1 N–H and O–H groups in total. The molecule has 2 fully saturated rings. The quantitative estimate of drug-likeness (QED) is 0.779. The maximum Gasteiger partial charge on any atom is 0.245 e. The molecule has 2 heterocycles. The van der Waals surface area contributed by atoms with E-state index in [0.717, 1.165) is 6.42 Å². The minimum Gasteiger partial charge on any atom is -0.342 e. The Labute approximate surface area is 119 Å². The Kier molecular flexibility index (Phi) is 4.36. The molecule has 0 aromatic carbocycles. The van der Waals surface area contributed by atoms with E-state index >= 15 is 0 Å². The van der Waals surface area contributed by atoms with Crippen molar-refractivity contribution in [2.24, 2.45) is 11.8 Å². The van der Waals surface area contributed by atoms with Gasteiger partial charge in [-0.1, -0.05) is 20.3 Å². The molecule has 0 aliphatic carbocycles. The second-order valence-electron chi connectivity index (χ2n) is 5.92. The number of sulfone groups is 1. The second-order valence-corrected chi connectivity index (χ2v) is 8.15. The monoisotopic (exact) mass is 302 g/mol. The molecule has 3 unspecified atom stereocenters. The molecule has 114 valence electrons. The molecule has 2 saturated heterocycles. The average molecular weight is 302 g/mol. The van der Waals surface area contributed by atoms with Crippen LogP contribution in [0.15, 0.2) is 0 Å². The van der Waals surface area contributed by atoms with Gasteiger partial charge in [0.2, 0.25) is 11.8 Å². The smallest absolute Gasteiger partial charge is 0.245 e. The van der Waals surface area contributed by atoms with E-state index in [1.54, 1.807) is 0 Å². The van der Waals surface area contributed by atoms with Gasteiger partial charge in [-0.3, -0.25) is 9.59 Å². The van der Waals surface area contributed by atoms with Crippen LogP contribution in [0.3, 0.4) is 0 Å². The number of nitrogens with one attached hydrogen (secondary N) is 1. The van der Waals surface area contributed by atoms with Crippen molar-refractivity contribution in [3.8, 4) is 0 Å². The molecule has 2 aliphatic rings. The summed E-state index contributed by atoms with van der Waals surface area (Å²) in [6.45, 7) is 4.33. The molecule has 2 aliphatic heterocycles. The van der Waals surface area contributed by atoms with Crippen molar-refractivity contribution < 1.29 is 18.0 Å². The lowest BCUT2D eigenvalue weighted by Crippen LogP contribution is -2.60. The van der Waals surface area contributed by atoms with Crippen LogP contribution in [0.2, 0.25) is 0 Å². The first-order valence-electron chi connectivity index (χ1n) is 7.11. The maximum absolute atomic E-state index is 12.4. The maximum atomic E-state index is 12.4. The van der Waals surface area contributed by atoms with Gasteiger partial charge in [-0.15, -0.1) is 0 Å². The van der Waals surface area contributed by atoms with E-state index in [9.17, 15) is 18.0 Å². The van der Waals surface area contributed by atoms with Crippen LogP contribution in [0, 0.1) is 11.8 Å². The van der Waals surface area contributed by atoms with Crippen LogP contribution in [0.25, 0.3) is 0 Å². The van der Waals surface area contributed by atoms with E-state index in [1.165, 1.54) is 4.90 Å². The molecule has 2 amide bonds. The third-order valence-corrected chi connectivity index (χ3v) is 6.08. The Hall–Kier alpha value is -1.11. The molecule has 3 atom stereocenters. The molecule has 6 nitrogen and oxygen atoms in total. The molecule has 0 spiro atoms. The average Bonchev–Trinajstić information content (AvgIpc) is 2.71. The van der Waals surface area contributed by atoms with Crippen molar-refractivity contribution in [2.45, 2.75) is 32.7 Å². The van der Waals surface area contributed by atoms with Crippen molar-refractivity contribution in [1.82, 2.24) is 10.2 Å². The highest BCUT2D eigenvalue weighted by Gasteiger charge is 2.38. The number of nitrogens with zero attached hydrogens (tertiary/aromatic N) is 1. The van der Waals surface area contributed by atoms with Crippen LogP contribution in [-0.2, 0) is 19.4 Å². The molecule has 0 radical (unpaired) electrons. The van der Waals surface area contributed by atoms with E-state index in [4.69, 9.17) is 0 Å². The summed E-state index contributed by atoms with van der Waals surface area (Å²) in [4.78, 5) is 25.6. The number of hydrogen-bond donors (Lipinski definition) is 1. The third-order valence-electron chi connectivity index (χ3n) is 4.25. The van der Waals surface area contributed by atoms with Gasteiger partial charge in [0.25, 0.3) is 0 Å². The Morgan fingerprint density at radius 1 is 1.40 bits per heavy atom. The fraction of sp³-hybridized carbons (Fsp3) is 0.846. The van der Waals surface area contributed by atoms with Crippen molar-refractivity contribution >= 4 is 21.7 Å². The lowest BCUT2D eigenvalue weighted by atomic mass is 9.95. The highest BCUT2D eigenvalue weighted by atomic mass is 32.2. The van der Waals surface area contributed by atoms with Crippen LogP contribution < -0.4 is 5.32 Å². The molecular weight excluding hydrogens is 280 g/mol. The summed E-state index contributed by atoms with van der Waals surface area (Å²) in [5, 5.41) is 2.74. The first kappa shape index (κ1) is 15.3. The number of rotatable bonds is 4. The van der Waals surface area contributed by atoms with Crippen LogP contribution in [0.4, 0.5) is 0 Å². The van der Waals surface area contributed by atoms with E-state index in [2.05, 4.69) is 5.32 Å². The summed E-state index contributed by atoms with van der Waals surface area (Å²) in [6, 6.07) is -0.473. The SMILES string of the molecule is CCC(C)C1NC(=O)CN(CC2CCS(=O)(=O)C2)C1=O. The fourth-order valence-electron chi connectivity index (χ4n) is 2.83. The molecule has 0 bridgehead atoms. The van der Waals surface area contributed by atoms with Gasteiger partial charge in [0.1, 0.15) is 6.04 Å². The molecule has 20 heavy (non-hydrogen) atoms. The van der Waals surface area contributed by atoms with E-state index < -0.39 is 15.9 Å². The predicted molar refractivity (Wildman–Crippen MR) is 74.7 cm³/mol. The van der Waals surface area contributed by atoms with Crippen LogP contribution in [0.1, 0.15) is 26.7 Å². The Balaban J connectivity index is 2.03. The summed E-state index contributed by atoms with van der Waals surface area (Å²) in [6.07, 6.45) is 1.39. The summed E-state index contributed by atoms with van der Waals surface area (Å²) in [5.74, 6) is 0.139. The minimum absolute atomic E-state index is 0.0348. The topological polar surface area (TPSA) is 83.6 Å².